The number of benzene rings is 1. The second kappa shape index (κ2) is 15.6. The van der Waals surface area contributed by atoms with Crippen molar-refractivity contribution in [2.45, 2.75) is 63.6 Å². The van der Waals surface area contributed by atoms with E-state index in [1.807, 2.05) is 6.92 Å². The molecule has 3 amide bonds. The number of carbonyl (C=O) groups excluding carboxylic acids is 2. The van der Waals surface area contributed by atoms with E-state index in [0.717, 1.165) is 12.8 Å². The Balaban J connectivity index is 2.95. The SMILES string of the molecule is CCCCCNC(=O)[C@H](Cc1ccc(OC(C(=O)O)C(=O)O)cc1)NC(=O)N[C@@H](CCC(=O)O)C(=O)O. The summed E-state index contributed by atoms with van der Waals surface area (Å²) in [5.41, 5.74) is 0.490. The van der Waals surface area contributed by atoms with Gasteiger partial charge in [0.2, 0.25) is 5.91 Å². The highest BCUT2D eigenvalue weighted by molar-refractivity contribution is 5.96. The first-order valence-electron chi connectivity index (χ1n) is 11.4. The lowest BCUT2D eigenvalue weighted by Gasteiger charge is -2.21. The molecule has 0 aliphatic carbocycles. The summed E-state index contributed by atoms with van der Waals surface area (Å²) < 4.78 is 4.94. The van der Waals surface area contributed by atoms with Crippen molar-refractivity contribution in [2.24, 2.45) is 0 Å². The summed E-state index contributed by atoms with van der Waals surface area (Å²) in [4.78, 5) is 69.3. The average Bonchev–Trinajstić information content (AvgIpc) is 2.82. The Kier molecular flexibility index (Phi) is 12.9. The number of urea groups is 1. The summed E-state index contributed by atoms with van der Waals surface area (Å²) in [5, 5.41) is 43.1. The van der Waals surface area contributed by atoms with E-state index in [2.05, 4.69) is 16.0 Å². The third-order valence-electron chi connectivity index (χ3n) is 5.02. The van der Waals surface area contributed by atoms with Gasteiger partial charge in [-0.25, -0.2) is 19.2 Å². The third kappa shape index (κ3) is 11.7. The van der Waals surface area contributed by atoms with Gasteiger partial charge in [0.25, 0.3) is 6.10 Å². The molecule has 0 aliphatic rings. The Labute approximate surface area is 212 Å². The van der Waals surface area contributed by atoms with Gasteiger partial charge in [-0.15, -0.1) is 0 Å². The lowest BCUT2D eigenvalue weighted by Crippen LogP contribution is -2.54. The zero-order chi connectivity index (χ0) is 28.0. The van der Waals surface area contributed by atoms with Crippen molar-refractivity contribution in [1.82, 2.24) is 16.0 Å². The summed E-state index contributed by atoms with van der Waals surface area (Å²) in [6, 6.07) is 1.87. The van der Waals surface area contributed by atoms with Crippen LogP contribution < -0.4 is 20.7 Å². The van der Waals surface area contributed by atoms with Crippen LogP contribution >= 0.6 is 0 Å². The minimum atomic E-state index is -2.11. The largest absolute Gasteiger partial charge is 0.481 e. The van der Waals surface area contributed by atoms with Gasteiger partial charge in [0.1, 0.15) is 17.8 Å². The van der Waals surface area contributed by atoms with Crippen molar-refractivity contribution in [3.63, 3.8) is 0 Å². The number of carbonyl (C=O) groups is 6. The molecule has 1 aromatic rings. The van der Waals surface area contributed by atoms with E-state index in [4.69, 9.17) is 20.1 Å². The number of unbranched alkanes of at least 4 members (excludes halogenated alkanes) is 2. The molecule has 0 bridgehead atoms. The first-order chi connectivity index (χ1) is 17.4. The Morgan fingerprint density at radius 2 is 1.43 bits per heavy atom. The van der Waals surface area contributed by atoms with E-state index in [-0.39, 0.29) is 18.6 Å². The number of carboxylic acid groups (broad SMARTS) is 4. The monoisotopic (exact) mass is 525 g/mol. The number of nitrogens with one attached hydrogen (secondary N) is 3. The highest BCUT2D eigenvalue weighted by Gasteiger charge is 2.28. The van der Waals surface area contributed by atoms with Crippen molar-refractivity contribution < 1.29 is 53.9 Å². The van der Waals surface area contributed by atoms with Gasteiger partial charge in [-0.05, 0) is 30.5 Å². The standard InChI is InChI=1S/C23H31N3O11/c1-2-3-4-11-24-19(29)16(26-23(36)25-15(20(30)31)9-10-17(27)28)12-13-5-7-14(8-6-13)37-18(21(32)33)22(34)35/h5-8,15-16,18H,2-4,9-12H2,1H3,(H,24,29)(H,27,28)(H,30,31)(H,32,33)(H,34,35)(H2,25,26,36)/t15-,16-/m0/s1. The van der Waals surface area contributed by atoms with Crippen molar-refractivity contribution in [3.8, 4) is 5.75 Å². The van der Waals surface area contributed by atoms with Crippen LogP contribution in [0.4, 0.5) is 4.79 Å². The molecule has 0 fully saturated rings. The van der Waals surface area contributed by atoms with E-state index in [1.165, 1.54) is 24.3 Å². The maximum Gasteiger partial charge on any atom is 0.356 e. The Bertz CT molecular complexity index is 951. The lowest BCUT2D eigenvalue weighted by molar-refractivity contribution is -0.159. The van der Waals surface area contributed by atoms with Gasteiger partial charge in [0.15, 0.2) is 0 Å². The normalized spacial score (nSPS) is 12.2. The number of aliphatic carboxylic acids is 4. The van der Waals surface area contributed by atoms with Gasteiger partial charge in [-0.3, -0.25) is 9.59 Å². The van der Waals surface area contributed by atoms with Gasteiger partial charge < -0.3 is 41.1 Å². The predicted molar refractivity (Wildman–Crippen MR) is 126 cm³/mol. The molecule has 0 saturated carbocycles. The van der Waals surface area contributed by atoms with Crippen LogP contribution in [0.5, 0.6) is 5.75 Å². The van der Waals surface area contributed by atoms with Crippen LogP contribution in [0.25, 0.3) is 0 Å². The molecule has 0 spiro atoms. The van der Waals surface area contributed by atoms with Crippen LogP contribution in [0.15, 0.2) is 24.3 Å². The Hall–Kier alpha value is -4.36. The van der Waals surface area contributed by atoms with E-state index in [9.17, 15) is 33.9 Å². The van der Waals surface area contributed by atoms with Crippen LogP contribution in [0.2, 0.25) is 0 Å². The van der Waals surface area contributed by atoms with Crippen LogP contribution in [0.1, 0.15) is 44.6 Å². The zero-order valence-corrected chi connectivity index (χ0v) is 20.1. The van der Waals surface area contributed by atoms with Crippen LogP contribution in [-0.2, 0) is 30.4 Å². The minimum absolute atomic E-state index is 0.0486. The average molecular weight is 526 g/mol. The molecule has 1 aromatic carbocycles. The van der Waals surface area contributed by atoms with Gasteiger partial charge in [-0.1, -0.05) is 31.9 Å². The van der Waals surface area contributed by atoms with Gasteiger partial charge in [0.05, 0.1) is 0 Å². The Morgan fingerprint density at radius 3 is 1.95 bits per heavy atom. The maximum absolute atomic E-state index is 12.7. The van der Waals surface area contributed by atoms with Gasteiger partial charge >= 0.3 is 29.9 Å². The number of amides is 3. The molecule has 0 saturated heterocycles. The molecular formula is C23H31N3O11. The van der Waals surface area contributed by atoms with E-state index >= 15 is 0 Å². The molecule has 14 heteroatoms. The molecule has 7 N–H and O–H groups in total. The molecule has 0 unspecified atom stereocenters. The molecule has 0 aromatic heterocycles. The molecule has 1 rings (SSSR count). The van der Waals surface area contributed by atoms with E-state index in [0.29, 0.717) is 18.5 Å². The third-order valence-corrected chi connectivity index (χ3v) is 5.02. The topological polar surface area (TPSA) is 229 Å². The fourth-order valence-corrected chi connectivity index (χ4v) is 3.08. The van der Waals surface area contributed by atoms with Crippen LogP contribution in [-0.4, -0.2) is 81.0 Å². The van der Waals surface area contributed by atoms with Crippen molar-refractivity contribution in [2.75, 3.05) is 6.54 Å². The van der Waals surface area contributed by atoms with Gasteiger partial charge in [-0.2, -0.15) is 0 Å². The summed E-state index contributed by atoms with van der Waals surface area (Å²) in [6.45, 7) is 2.34. The molecule has 204 valence electrons. The number of rotatable bonds is 17. The van der Waals surface area contributed by atoms with Crippen LogP contribution in [0.3, 0.4) is 0 Å². The number of carboxylic acids is 4. The second-order valence-corrected chi connectivity index (χ2v) is 8.01. The molecule has 0 radical (unpaired) electrons. The highest BCUT2D eigenvalue weighted by Crippen LogP contribution is 2.16. The molecule has 37 heavy (non-hydrogen) atoms. The van der Waals surface area contributed by atoms with Gasteiger partial charge in [0, 0.05) is 19.4 Å². The highest BCUT2D eigenvalue weighted by atomic mass is 16.5. The fourth-order valence-electron chi connectivity index (χ4n) is 3.08. The minimum Gasteiger partial charge on any atom is -0.481 e. The summed E-state index contributed by atoms with van der Waals surface area (Å²) in [7, 11) is 0. The second-order valence-electron chi connectivity index (χ2n) is 8.01. The van der Waals surface area contributed by atoms with E-state index < -0.39 is 60.4 Å². The molecule has 0 heterocycles. The molecule has 2 atom stereocenters. The molecule has 14 nitrogen and oxygen atoms in total. The molecular weight excluding hydrogens is 494 g/mol. The summed E-state index contributed by atoms with van der Waals surface area (Å²) in [6.07, 6.45) is -0.511. The smallest absolute Gasteiger partial charge is 0.356 e. The van der Waals surface area contributed by atoms with Crippen LogP contribution in [0, 0.1) is 0 Å². The first kappa shape index (κ1) is 30.7. The number of ether oxygens (including phenoxy) is 1. The van der Waals surface area contributed by atoms with E-state index in [1.54, 1.807) is 0 Å². The predicted octanol–water partition coefficient (Wildman–Crippen LogP) is 0.438. The van der Waals surface area contributed by atoms with Crippen molar-refractivity contribution in [1.29, 1.82) is 0 Å². The fraction of sp³-hybridized carbons (Fsp3) is 0.478. The number of hydrogen-bond acceptors (Lipinski definition) is 7. The maximum atomic E-state index is 12.7. The quantitative estimate of drug-likeness (QED) is 0.109. The summed E-state index contributed by atoms with van der Waals surface area (Å²) in [5.74, 6) is -6.63. The van der Waals surface area contributed by atoms with Crippen molar-refractivity contribution >= 4 is 35.8 Å². The Morgan fingerprint density at radius 1 is 0.838 bits per heavy atom. The zero-order valence-electron chi connectivity index (χ0n) is 20.1. The first-order valence-corrected chi connectivity index (χ1v) is 11.4. The van der Waals surface area contributed by atoms with Crippen molar-refractivity contribution in [3.05, 3.63) is 29.8 Å². The summed E-state index contributed by atoms with van der Waals surface area (Å²) >= 11 is 0. The molecule has 0 aliphatic heterocycles. The number of hydrogen-bond donors (Lipinski definition) is 7. The lowest BCUT2D eigenvalue weighted by atomic mass is 10.0.